The Morgan fingerprint density at radius 1 is 1.06 bits per heavy atom. The number of carbonyl (C=O) groups is 2. The fourth-order valence-electron chi connectivity index (χ4n) is 2.92. The van der Waals surface area contributed by atoms with E-state index >= 15 is 0 Å². The smallest absolute Gasteiger partial charge is 0.329 e. The first-order valence-electron chi connectivity index (χ1n) is 9.63. The highest BCUT2D eigenvalue weighted by Gasteiger charge is 2.21. The standard InChI is InChI=1S/C22H23N5O4/c1-4-31-18-12-10-16(11-13-18)14-23-25-21(29)20(28)24-19-15(2)26(3)27(22(19)30)17-8-6-5-7-9-17/h5-14H,4H2,1-3H3,(H,24,28)(H,25,29)/b23-14+. The highest BCUT2D eigenvalue weighted by Crippen LogP contribution is 2.14. The Hall–Kier alpha value is -4.14. The molecular formula is C22H23N5O4. The maximum absolute atomic E-state index is 12.8. The number of nitrogens with one attached hydrogen (secondary N) is 2. The lowest BCUT2D eigenvalue weighted by molar-refractivity contribution is -0.136. The SMILES string of the molecule is CCOc1ccc(/C=N/NC(=O)C(=O)Nc2c(C)n(C)n(-c3ccccc3)c2=O)cc1. The summed E-state index contributed by atoms with van der Waals surface area (Å²) >= 11 is 0. The Bertz CT molecular complexity index is 1160. The van der Waals surface area contributed by atoms with Gasteiger partial charge in [0.05, 0.1) is 24.2 Å². The number of hydrazone groups is 1. The maximum atomic E-state index is 12.8. The molecule has 0 spiro atoms. The molecule has 2 aromatic carbocycles. The van der Waals surface area contributed by atoms with Crippen LogP contribution in [0.15, 0.2) is 64.5 Å². The third-order valence-electron chi connectivity index (χ3n) is 4.57. The lowest BCUT2D eigenvalue weighted by Crippen LogP contribution is -2.34. The number of nitrogens with zero attached hydrogens (tertiary/aromatic N) is 3. The lowest BCUT2D eigenvalue weighted by atomic mass is 10.2. The van der Waals surface area contributed by atoms with Crippen molar-refractivity contribution in [3.63, 3.8) is 0 Å². The largest absolute Gasteiger partial charge is 0.494 e. The van der Waals surface area contributed by atoms with Gasteiger partial charge in [0.2, 0.25) is 0 Å². The van der Waals surface area contributed by atoms with Crippen molar-refractivity contribution in [2.75, 3.05) is 11.9 Å². The van der Waals surface area contributed by atoms with Crippen LogP contribution < -0.4 is 21.0 Å². The minimum Gasteiger partial charge on any atom is -0.494 e. The zero-order valence-corrected chi connectivity index (χ0v) is 17.5. The number of benzene rings is 2. The summed E-state index contributed by atoms with van der Waals surface area (Å²) in [4.78, 5) is 37.1. The lowest BCUT2D eigenvalue weighted by Gasteiger charge is -2.07. The van der Waals surface area contributed by atoms with Gasteiger partial charge in [0, 0.05) is 7.05 Å². The summed E-state index contributed by atoms with van der Waals surface area (Å²) in [6, 6.07) is 16.1. The molecule has 1 heterocycles. The van der Waals surface area contributed by atoms with Crippen molar-refractivity contribution in [1.82, 2.24) is 14.8 Å². The van der Waals surface area contributed by atoms with Crippen LogP contribution in [0.1, 0.15) is 18.2 Å². The van der Waals surface area contributed by atoms with Gasteiger partial charge < -0.3 is 10.1 Å². The van der Waals surface area contributed by atoms with Crippen molar-refractivity contribution in [3.05, 3.63) is 76.2 Å². The van der Waals surface area contributed by atoms with Gasteiger partial charge in [-0.05, 0) is 55.8 Å². The number of hydrogen-bond donors (Lipinski definition) is 2. The van der Waals surface area contributed by atoms with Gasteiger partial charge in [-0.1, -0.05) is 18.2 Å². The van der Waals surface area contributed by atoms with E-state index in [1.165, 1.54) is 10.9 Å². The van der Waals surface area contributed by atoms with E-state index in [0.717, 1.165) is 5.75 Å². The molecule has 0 aliphatic heterocycles. The summed E-state index contributed by atoms with van der Waals surface area (Å²) in [5.41, 5.74) is 3.61. The molecule has 0 saturated carbocycles. The number of para-hydroxylation sites is 1. The van der Waals surface area contributed by atoms with Crippen molar-refractivity contribution in [2.45, 2.75) is 13.8 Å². The molecule has 3 aromatic rings. The number of carbonyl (C=O) groups excluding carboxylic acids is 2. The van der Waals surface area contributed by atoms with Gasteiger partial charge in [0.1, 0.15) is 11.4 Å². The number of anilines is 1. The van der Waals surface area contributed by atoms with Gasteiger partial charge in [-0.3, -0.25) is 19.1 Å². The van der Waals surface area contributed by atoms with Gasteiger partial charge in [0.15, 0.2) is 0 Å². The van der Waals surface area contributed by atoms with E-state index in [1.807, 2.05) is 13.0 Å². The molecule has 3 rings (SSSR count). The van der Waals surface area contributed by atoms with E-state index < -0.39 is 17.4 Å². The zero-order valence-electron chi connectivity index (χ0n) is 17.5. The van der Waals surface area contributed by atoms with Crippen LogP contribution >= 0.6 is 0 Å². The van der Waals surface area contributed by atoms with Crippen LogP contribution in [-0.2, 0) is 16.6 Å². The molecule has 0 saturated heterocycles. The van der Waals surface area contributed by atoms with Gasteiger partial charge in [-0.15, -0.1) is 0 Å². The Morgan fingerprint density at radius 2 is 1.74 bits per heavy atom. The molecule has 2 amide bonds. The monoisotopic (exact) mass is 421 g/mol. The number of rotatable bonds is 6. The number of aromatic nitrogens is 2. The van der Waals surface area contributed by atoms with Crippen LogP contribution in [0.2, 0.25) is 0 Å². The summed E-state index contributed by atoms with van der Waals surface area (Å²) in [5, 5.41) is 6.16. The molecular weight excluding hydrogens is 398 g/mol. The molecule has 2 N–H and O–H groups in total. The van der Waals surface area contributed by atoms with Crippen molar-refractivity contribution in [1.29, 1.82) is 0 Å². The summed E-state index contributed by atoms with van der Waals surface area (Å²) in [6.45, 7) is 4.14. The van der Waals surface area contributed by atoms with Crippen molar-refractivity contribution in [2.24, 2.45) is 12.1 Å². The highest BCUT2D eigenvalue weighted by molar-refractivity contribution is 6.39. The molecule has 31 heavy (non-hydrogen) atoms. The summed E-state index contributed by atoms with van der Waals surface area (Å²) < 4.78 is 8.37. The highest BCUT2D eigenvalue weighted by atomic mass is 16.5. The fourth-order valence-corrected chi connectivity index (χ4v) is 2.92. The van der Waals surface area contributed by atoms with E-state index in [9.17, 15) is 14.4 Å². The molecule has 0 unspecified atom stereocenters. The normalized spacial score (nSPS) is 10.8. The van der Waals surface area contributed by atoms with Crippen LogP contribution in [-0.4, -0.2) is 34.0 Å². The molecule has 0 fully saturated rings. The van der Waals surface area contributed by atoms with E-state index in [1.54, 1.807) is 67.2 Å². The quantitative estimate of drug-likeness (QED) is 0.360. The van der Waals surface area contributed by atoms with E-state index in [4.69, 9.17) is 4.74 Å². The average molecular weight is 421 g/mol. The fraction of sp³-hybridized carbons (Fsp3) is 0.182. The first-order chi connectivity index (χ1) is 14.9. The Balaban J connectivity index is 1.67. The van der Waals surface area contributed by atoms with Gasteiger partial charge >= 0.3 is 11.8 Å². The second-order valence-corrected chi connectivity index (χ2v) is 6.59. The average Bonchev–Trinajstić information content (AvgIpc) is 2.98. The molecule has 9 heteroatoms. The number of amides is 2. The van der Waals surface area contributed by atoms with Gasteiger partial charge in [0.25, 0.3) is 5.56 Å². The van der Waals surface area contributed by atoms with E-state index in [0.29, 0.717) is 23.6 Å². The zero-order chi connectivity index (χ0) is 22.4. The molecule has 0 radical (unpaired) electrons. The maximum Gasteiger partial charge on any atom is 0.329 e. The Labute approximate surface area is 178 Å². The van der Waals surface area contributed by atoms with Crippen LogP contribution in [0.4, 0.5) is 5.69 Å². The Morgan fingerprint density at radius 3 is 2.39 bits per heavy atom. The van der Waals surface area contributed by atoms with Crippen LogP contribution in [0.5, 0.6) is 5.75 Å². The molecule has 160 valence electrons. The second kappa shape index (κ2) is 9.57. The third kappa shape index (κ3) is 4.89. The first kappa shape index (κ1) is 21.6. The van der Waals surface area contributed by atoms with Crippen LogP contribution in [0.3, 0.4) is 0 Å². The Kier molecular flexibility index (Phi) is 6.66. The molecule has 0 atom stereocenters. The molecule has 0 aliphatic rings. The summed E-state index contributed by atoms with van der Waals surface area (Å²) in [6.07, 6.45) is 1.40. The van der Waals surface area contributed by atoms with Crippen LogP contribution in [0, 0.1) is 6.92 Å². The van der Waals surface area contributed by atoms with Crippen molar-refractivity contribution in [3.8, 4) is 11.4 Å². The van der Waals surface area contributed by atoms with Crippen molar-refractivity contribution < 1.29 is 14.3 Å². The molecule has 1 aromatic heterocycles. The molecule has 0 bridgehead atoms. The minimum atomic E-state index is -0.991. The van der Waals surface area contributed by atoms with Gasteiger partial charge in [-0.2, -0.15) is 5.10 Å². The second-order valence-electron chi connectivity index (χ2n) is 6.59. The predicted octanol–water partition coefficient (Wildman–Crippen LogP) is 1.97. The van der Waals surface area contributed by atoms with E-state index in [2.05, 4.69) is 15.8 Å². The molecule has 0 aliphatic carbocycles. The number of ether oxygens (including phenoxy) is 1. The molecule has 9 nitrogen and oxygen atoms in total. The topological polar surface area (TPSA) is 107 Å². The van der Waals surface area contributed by atoms with E-state index in [-0.39, 0.29) is 5.69 Å². The minimum absolute atomic E-state index is 0.0296. The summed E-state index contributed by atoms with van der Waals surface area (Å²) in [5.74, 6) is -1.26. The van der Waals surface area contributed by atoms with Crippen molar-refractivity contribution >= 4 is 23.7 Å². The predicted molar refractivity (Wildman–Crippen MR) is 118 cm³/mol. The first-order valence-corrected chi connectivity index (χ1v) is 9.63. The third-order valence-corrected chi connectivity index (χ3v) is 4.57. The summed E-state index contributed by atoms with van der Waals surface area (Å²) in [7, 11) is 1.70. The van der Waals surface area contributed by atoms with Crippen LogP contribution in [0.25, 0.3) is 5.69 Å². The number of hydrogen-bond acceptors (Lipinski definition) is 5. The van der Waals surface area contributed by atoms with Gasteiger partial charge in [-0.25, -0.2) is 10.1 Å².